The molecule has 0 radical (unpaired) electrons. The normalized spacial score (nSPS) is 11.5. The number of aryl methyl sites for hydroxylation is 1. The molecule has 0 aliphatic heterocycles. The molecule has 0 spiro atoms. The second kappa shape index (κ2) is 7.96. The summed E-state index contributed by atoms with van der Waals surface area (Å²) >= 11 is 0. The zero-order chi connectivity index (χ0) is 17.5. The molecule has 1 unspecified atom stereocenters. The summed E-state index contributed by atoms with van der Waals surface area (Å²) in [5, 5.41) is 25.3. The van der Waals surface area contributed by atoms with E-state index in [-0.39, 0.29) is 17.5 Å². The smallest absolute Gasteiger partial charge is 0.319 e. The van der Waals surface area contributed by atoms with Gasteiger partial charge in [-0.05, 0) is 43.5 Å². The van der Waals surface area contributed by atoms with E-state index in [1.54, 1.807) is 18.2 Å². The quantitative estimate of drug-likeness (QED) is 0.557. The van der Waals surface area contributed by atoms with Crippen molar-refractivity contribution in [2.45, 2.75) is 25.8 Å². The van der Waals surface area contributed by atoms with Crippen LogP contribution < -0.4 is 10.6 Å². The number of rotatable bonds is 6. The summed E-state index contributed by atoms with van der Waals surface area (Å²) in [5.41, 5.74) is 1.36. The molecule has 24 heavy (non-hydrogen) atoms. The number of carbonyl (C=O) groups is 1. The van der Waals surface area contributed by atoms with E-state index in [1.165, 1.54) is 18.2 Å². The van der Waals surface area contributed by atoms with E-state index in [9.17, 15) is 20.0 Å². The minimum Gasteiger partial charge on any atom is -0.508 e. The molecule has 7 nitrogen and oxygen atoms in total. The molecule has 0 aliphatic rings. The van der Waals surface area contributed by atoms with Gasteiger partial charge in [-0.15, -0.1) is 0 Å². The van der Waals surface area contributed by atoms with Crippen LogP contribution in [-0.4, -0.2) is 22.1 Å². The monoisotopic (exact) mass is 329 g/mol. The molecule has 0 aromatic heterocycles. The lowest BCUT2D eigenvalue weighted by Gasteiger charge is -2.14. The van der Waals surface area contributed by atoms with Crippen LogP contribution in [0.1, 0.15) is 18.9 Å². The maximum absolute atomic E-state index is 11.9. The maximum Gasteiger partial charge on any atom is 0.319 e. The van der Waals surface area contributed by atoms with Crippen molar-refractivity contribution in [3.8, 4) is 5.75 Å². The Morgan fingerprint density at radius 1 is 1.25 bits per heavy atom. The van der Waals surface area contributed by atoms with E-state index in [1.807, 2.05) is 19.1 Å². The fourth-order valence-electron chi connectivity index (χ4n) is 2.21. The number of hydrogen-bond acceptors (Lipinski definition) is 4. The van der Waals surface area contributed by atoms with Crippen LogP contribution in [0, 0.1) is 10.1 Å². The summed E-state index contributed by atoms with van der Waals surface area (Å²) in [7, 11) is 0. The van der Waals surface area contributed by atoms with Crippen LogP contribution in [0.3, 0.4) is 0 Å². The first kappa shape index (κ1) is 17.3. The molecule has 0 aliphatic carbocycles. The average Bonchev–Trinajstić information content (AvgIpc) is 2.54. The summed E-state index contributed by atoms with van der Waals surface area (Å²) in [4.78, 5) is 22.1. The zero-order valence-corrected chi connectivity index (χ0v) is 13.2. The number of carbonyl (C=O) groups excluding carboxylic acids is 1. The molecule has 0 heterocycles. The van der Waals surface area contributed by atoms with Gasteiger partial charge in [0.2, 0.25) is 0 Å². The SMILES string of the molecule is CC(CCc1ccc(O)cc1)NC(=O)Nc1cccc([N+](=O)[O-])c1. The van der Waals surface area contributed by atoms with Gasteiger partial charge < -0.3 is 15.7 Å². The topological polar surface area (TPSA) is 104 Å². The van der Waals surface area contributed by atoms with Crippen molar-refractivity contribution in [3.63, 3.8) is 0 Å². The zero-order valence-electron chi connectivity index (χ0n) is 13.2. The number of phenols is 1. The van der Waals surface area contributed by atoms with Crippen LogP contribution in [0.4, 0.5) is 16.2 Å². The minimum atomic E-state index is -0.511. The molecule has 0 fully saturated rings. The average molecular weight is 329 g/mol. The third-order valence-electron chi connectivity index (χ3n) is 3.49. The van der Waals surface area contributed by atoms with Gasteiger partial charge in [0.15, 0.2) is 0 Å². The van der Waals surface area contributed by atoms with E-state index >= 15 is 0 Å². The van der Waals surface area contributed by atoms with Crippen LogP contribution >= 0.6 is 0 Å². The number of aromatic hydroxyl groups is 1. The molecule has 1 atom stereocenters. The highest BCUT2D eigenvalue weighted by Crippen LogP contribution is 2.17. The van der Waals surface area contributed by atoms with Gasteiger partial charge >= 0.3 is 6.03 Å². The minimum absolute atomic E-state index is 0.0718. The number of nitrogens with zero attached hydrogens (tertiary/aromatic N) is 1. The third-order valence-corrected chi connectivity index (χ3v) is 3.49. The van der Waals surface area contributed by atoms with E-state index in [0.717, 1.165) is 18.4 Å². The van der Waals surface area contributed by atoms with E-state index in [0.29, 0.717) is 5.69 Å². The van der Waals surface area contributed by atoms with Gasteiger partial charge in [-0.25, -0.2) is 4.79 Å². The highest BCUT2D eigenvalue weighted by atomic mass is 16.6. The Morgan fingerprint density at radius 2 is 1.96 bits per heavy atom. The summed E-state index contributed by atoms with van der Waals surface area (Å²) in [6.45, 7) is 1.88. The van der Waals surface area contributed by atoms with Gasteiger partial charge in [-0.3, -0.25) is 10.1 Å². The van der Waals surface area contributed by atoms with E-state index < -0.39 is 11.0 Å². The molecule has 0 bridgehead atoms. The summed E-state index contributed by atoms with van der Waals surface area (Å²) in [6.07, 6.45) is 1.49. The lowest BCUT2D eigenvalue weighted by molar-refractivity contribution is -0.384. The molecule has 126 valence electrons. The molecule has 0 saturated carbocycles. The fourth-order valence-corrected chi connectivity index (χ4v) is 2.21. The molecular formula is C17H19N3O4. The van der Waals surface area contributed by atoms with Gasteiger partial charge in [-0.2, -0.15) is 0 Å². The predicted molar refractivity (Wildman–Crippen MR) is 91.1 cm³/mol. The molecule has 3 N–H and O–H groups in total. The Kier molecular flexibility index (Phi) is 5.73. The standard InChI is InChI=1S/C17H19N3O4/c1-12(5-6-13-7-9-16(21)10-8-13)18-17(22)19-14-3-2-4-15(11-14)20(23)24/h2-4,7-12,21H,5-6H2,1H3,(H2,18,19,22). The van der Waals surface area contributed by atoms with Crippen molar-refractivity contribution in [1.82, 2.24) is 5.32 Å². The Labute approximate surface area is 139 Å². The lowest BCUT2D eigenvalue weighted by atomic mass is 10.1. The van der Waals surface area contributed by atoms with Crippen molar-refractivity contribution in [1.29, 1.82) is 0 Å². The number of hydrogen-bond donors (Lipinski definition) is 3. The van der Waals surface area contributed by atoms with Gasteiger partial charge in [0.25, 0.3) is 5.69 Å². The van der Waals surface area contributed by atoms with Crippen molar-refractivity contribution in [2.24, 2.45) is 0 Å². The second-order valence-electron chi connectivity index (χ2n) is 5.51. The highest BCUT2D eigenvalue weighted by molar-refractivity contribution is 5.89. The Hall–Kier alpha value is -3.09. The molecule has 0 saturated heterocycles. The molecule has 2 rings (SSSR count). The van der Waals surface area contributed by atoms with Gasteiger partial charge in [0.05, 0.1) is 4.92 Å². The number of amides is 2. The molecule has 7 heteroatoms. The highest BCUT2D eigenvalue weighted by Gasteiger charge is 2.10. The summed E-state index contributed by atoms with van der Waals surface area (Å²) in [5.74, 6) is 0.223. The summed E-state index contributed by atoms with van der Waals surface area (Å²) in [6, 6.07) is 12.2. The van der Waals surface area contributed by atoms with Crippen molar-refractivity contribution >= 4 is 17.4 Å². The fraction of sp³-hybridized carbons (Fsp3) is 0.235. The first-order valence-electron chi connectivity index (χ1n) is 7.54. The second-order valence-corrected chi connectivity index (χ2v) is 5.51. The Bertz CT molecular complexity index is 716. The van der Waals surface area contributed by atoms with Gasteiger partial charge in [0.1, 0.15) is 5.75 Å². The number of nitrogens with one attached hydrogen (secondary N) is 2. The lowest BCUT2D eigenvalue weighted by Crippen LogP contribution is -2.36. The number of benzene rings is 2. The molecule has 2 aromatic rings. The van der Waals surface area contributed by atoms with Crippen LogP contribution in [0.5, 0.6) is 5.75 Å². The van der Waals surface area contributed by atoms with Crippen LogP contribution in [0.25, 0.3) is 0 Å². The first-order chi connectivity index (χ1) is 11.4. The number of non-ortho nitro benzene ring substituents is 1. The number of nitro groups is 1. The molecular weight excluding hydrogens is 310 g/mol. The number of anilines is 1. The van der Waals surface area contributed by atoms with Gasteiger partial charge in [0, 0.05) is 23.9 Å². The number of phenolic OH excluding ortho intramolecular Hbond substituents is 1. The van der Waals surface area contributed by atoms with Crippen LogP contribution in [0.15, 0.2) is 48.5 Å². The Balaban J connectivity index is 1.82. The van der Waals surface area contributed by atoms with Gasteiger partial charge in [-0.1, -0.05) is 18.2 Å². The van der Waals surface area contributed by atoms with E-state index in [4.69, 9.17) is 0 Å². The van der Waals surface area contributed by atoms with Crippen molar-refractivity contribution in [3.05, 3.63) is 64.2 Å². The van der Waals surface area contributed by atoms with Crippen molar-refractivity contribution < 1.29 is 14.8 Å². The number of nitro benzene ring substituents is 1. The van der Waals surface area contributed by atoms with Crippen LogP contribution in [0.2, 0.25) is 0 Å². The van der Waals surface area contributed by atoms with E-state index in [2.05, 4.69) is 10.6 Å². The molecule has 2 amide bonds. The largest absolute Gasteiger partial charge is 0.508 e. The maximum atomic E-state index is 11.9. The van der Waals surface area contributed by atoms with Crippen molar-refractivity contribution in [2.75, 3.05) is 5.32 Å². The summed E-state index contributed by atoms with van der Waals surface area (Å²) < 4.78 is 0. The predicted octanol–water partition coefficient (Wildman–Crippen LogP) is 3.44. The number of urea groups is 1. The Morgan fingerprint density at radius 3 is 2.62 bits per heavy atom. The van der Waals surface area contributed by atoms with Crippen LogP contribution in [-0.2, 0) is 6.42 Å². The molecule has 2 aromatic carbocycles. The third kappa shape index (κ3) is 5.28. The first-order valence-corrected chi connectivity index (χ1v) is 7.54.